The summed E-state index contributed by atoms with van der Waals surface area (Å²) in [6, 6.07) is 14.8. The Morgan fingerprint density at radius 1 is 1.11 bits per heavy atom. The van der Waals surface area contributed by atoms with Gasteiger partial charge in [-0.3, -0.25) is 4.72 Å². The second-order valence-corrected chi connectivity index (χ2v) is 9.50. The Bertz CT molecular complexity index is 862. The molecule has 2 N–H and O–H groups in total. The van der Waals surface area contributed by atoms with Crippen molar-refractivity contribution in [3.63, 3.8) is 0 Å². The van der Waals surface area contributed by atoms with Crippen molar-refractivity contribution >= 4 is 15.7 Å². The molecule has 2 aromatic rings. The van der Waals surface area contributed by atoms with Gasteiger partial charge in [0.05, 0.1) is 4.90 Å². The van der Waals surface area contributed by atoms with E-state index in [1.165, 1.54) is 5.56 Å². The van der Waals surface area contributed by atoms with Crippen LogP contribution in [-0.2, 0) is 10.0 Å². The van der Waals surface area contributed by atoms with Gasteiger partial charge in [-0.25, -0.2) is 8.42 Å². The lowest BCUT2D eigenvalue weighted by Gasteiger charge is -2.16. The number of sulfonamides is 1. The molecule has 0 aromatic heterocycles. The summed E-state index contributed by atoms with van der Waals surface area (Å²) in [5.41, 5.74) is 2.93. The van der Waals surface area contributed by atoms with Crippen molar-refractivity contribution in [3.8, 4) is 0 Å². The topological polar surface area (TPSA) is 69.6 Å². The van der Waals surface area contributed by atoms with Crippen molar-refractivity contribution in [3.05, 3.63) is 59.7 Å². The molecule has 3 rings (SSSR count). The normalized spacial score (nSPS) is 17.9. The first kappa shape index (κ1) is 20.8. The molecule has 1 unspecified atom stereocenters. The third kappa shape index (κ3) is 5.13. The lowest BCUT2D eigenvalue weighted by Crippen LogP contribution is -2.22. The SMILES string of the molecule is CC(C)c1ccc(S(=O)(=O)Nc2ccc(C3CCN(CCCO)C3)cc2)cc1. The molecule has 0 spiro atoms. The molecular formula is C22H30N2O3S. The second kappa shape index (κ2) is 9.07. The molecule has 1 saturated heterocycles. The van der Waals surface area contributed by atoms with Crippen LogP contribution in [0.3, 0.4) is 0 Å². The predicted octanol–water partition coefficient (Wildman–Crippen LogP) is 3.78. The number of hydrogen-bond donors (Lipinski definition) is 2. The minimum atomic E-state index is -3.59. The van der Waals surface area contributed by atoms with E-state index in [1.807, 2.05) is 36.4 Å². The van der Waals surface area contributed by atoms with Gasteiger partial charge in [0.2, 0.25) is 0 Å². The largest absolute Gasteiger partial charge is 0.396 e. The molecule has 1 aliphatic heterocycles. The van der Waals surface area contributed by atoms with Crippen molar-refractivity contribution in [2.75, 3.05) is 31.0 Å². The van der Waals surface area contributed by atoms with Crippen molar-refractivity contribution in [2.45, 2.75) is 43.4 Å². The zero-order valence-corrected chi connectivity index (χ0v) is 17.5. The first-order chi connectivity index (χ1) is 13.4. The van der Waals surface area contributed by atoms with Crippen LogP contribution in [0.25, 0.3) is 0 Å². The summed E-state index contributed by atoms with van der Waals surface area (Å²) >= 11 is 0. The van der Waals surface area contributed by atoms with Gasteiger partial charge in [0.25, 0.3) is 10.0 Å². The molecule has 0 amide bonds. The summed E-state index contributed by atoms with van der Waals surface area (Å²) in [6.45, 7) is 7.37. The monoisotopic (exact) mass is 402 g/mol. The molecule has 1 atom stereocenters. The fourth-order valence-electron chi connectivity index (χ4n) is 3.67. The zero-order chi connectivity index (χ0) is 20.1. The van der Waals surface area contributed by atoms with Crippen LogP contribution in [0.4, 0.5) is 5.69 Å². The number of aliphatic hydroxyl groups is 1. The Labute approximate surface area is 168 Å². The Kier molecular flexibility index (Phi) is 6.75. The van der Waals surface area contributed by atoms with Gasteiger partial charge in [-0.1, -0.05) is 38.1 Å². The van der Waals surface area contributed by atoms with Crippen LogP contribution in [-0.4, -0.2) is 44.7 Å². The van der Waals surface area contributed by atoms with Crippen LogP contribution in [0.15, 0.2) is 53.4 Å². The Hall–Kier alpha value is -1.89. The highest BCUT2D eigenvalue weighted by Crippen LogP contribution is 2.28. The Morgan fingerprint density at radius 3 is 2.39 bits per heavy atom. The average molecular weight is 403 g/mol. The fourth-order valence-corrected chi connectivity index (χ4v) is 4.73. The highest BCUT2D eigenvalue weighted by Gasteiger charge is 2.23. The van der Waals surface area contributed by atoms with Gasteiger partial charge in [0, 0.05) is 25.4 Å². The van der Waals surface area contributed by atoms with E-state index in [9.17, 15) is 8.42 Å². The van der Waals surface area contributed by atoms with E-state index in [-0.39, 0.29) is 11.5 Å². The molecule has 0 radical (unpaired) electrons. The van der Waals surface area contributed by atoms with Crippen LogP contribution in [0, 0.1) is 0 Å². The molecule has 5 nitrogen and oxygen atoms in total. The number of anilines is 1. The Balaban J connectivity index is 1.63. The standard InChI is InChI=1S/C22H30N2O3S/c1-17(2)18-6-10-22(11-7-18)28(26,27)23-21-8-4-19(5-9-21)20-12-14-24(16-20)13-3-15-25/h4-11,17,20,23,25H,3,12-16H2,1-2H3. The molecular weight excluding hydrogens is 372 g/mol. The number of benzene rings is 2. The van der Waals surface area contributed by atoms with E-state index in [2.05, 4.69) is 23.5 Å². The molecule has 2 aromatic carbocycles. The van der Waals surface area contributed by atoms with Gasteiger partial charge < -0.3 is 10.0 Å². The lowest BCUT2D eigenvalue weighted by atomic mass is 9.98. The number of aliphatic hydroxyl groups excluding tert-OH is 1. The number of nitrogens with zero attached hydrogens (tertiary/aromatic N) is 1. The summed E-state index contributed by atoms with van der Waals surface area (Å²) in [5, 5.41) is 8.97. The minimum absolute atomic E-state index is 0.232. The highest BCUT2D eigenvalue weighted by atomic mass is 32.2. The van der Waals surface area contributed by atoms with Gasteiger partial charge in [0.15, 0.2) is 0 Å². The first-order valence-corrected chi connectivity index (χ1v) is 11.4. The van der Waals surface area contributed by atoms with E-state index in [4.69, 9.17) is 5.11 Å². The smallest absolute Gasteiger partial charge is 0.261 e. The zero-order valence-electron chi connectivity index (χ0n) is 16.6. The molecule has 152 valence electrons. The van der Waals surface area contributed by atoms with Crippen molar-refractivity contribution < 1.29 is 13.5 Å². The summed E-state index contributed by atoms with van der Waals surface area (Å²) in [7, 11) is -3.59. The van der Waals surface area contributed by atoms with Crippen LogP contribution < -0.4 is 4.72 Å². The fraction of sp³-hybridized carbons (Fsp3) is 0.455. The molecule has 0 saturated carbocycles. The number of likely N-dealkylation sites (tertiary alicyclic amines) is 1. The van der Waals surface area contributed by atoms with E-state index >= 15 is 0 Å². The Morgan fingerprint density at radius 2 is 1.79 bits per heavy atom. The summed E-state index contributed by atoms with van der Waals surface area (Å²) in [6.07, 6.45) is 1.91. The third-order valence-corrected chi connectivity index (χ3v) is 6.79. The van der Waals surface area contributed by atoms with Crippen molar-refractivity contribution in [1.82, 2.24) is 4.90 Å². The summed E-state index contributed by atoms with van der Waals surface area (Å²) in [4.78, 5) is 2.65. The maximum absolute atomic E-state index is 12.6. The van der Waals surface area contributed by atoms with Gasteiger partial charge in [-0.05, 0) is 66.6 Å². The molecule has 0 bridgehead atoms. The van der Waals surface area contributed by atoms with Gasteiger partial charge in [-0.15, -0.1) is 0 Å². The van der Waals surface area contributed by atoms with Crippen LogP contribution >= 0.6 is 0 Å². The maximum atomic E-state index is 12.6. The second-order valence-electron chi connectivity index (χ2n) is 7.81. The number of hydrogen-bond acceptors (Lipinski definition) is 4. The third-order valence-electron chi connectivity index (χ3n) is 5.40. The highest BCUT2D eigenvalue weighted by molar-refractivity contribution is 7.92. The molecule has 0 aliphatic carbocycles. The number of rotatable bonds is 8. The predicted molar refractivity (Wildman–Crippen MR) is 113 cm³/mol. The average Bonchev–Trinajstić information content (AvgIpc) is 3.15. The van der Waals surface area contributed by atoms with Gasteiger partial charge in [0.1, 0.15) is 0 Å². The lowest BCUT2D eigenvalue weighted by molar-refractivity contribution is 0.246. The molecule has 28 heavy (non-hydrogen) atoms. The van der Waals surface area contributed by atoms with E-state index < -0.39 is 10.0 Å². The quantitative estimate of drug-likeness (QED) is 0.705. The maximum Gasteiger partial charge on any atom is 0.261 e. The van der Waals surface area contributed by atoms with Crippen molar-refractivity contribution in [2.24, 2.45) is 0 Å². The van der Waals surface area contributed by atoms with Crippen molar-refractivity contribution in [1.29, 1.82) is 0 Å². The van der Waals surface area contributed by atoms with Crippen LogP contribution in [0.5, 0.6) is 0 Å². The van der Waals surface area contributed by atoms with Crippen LogP contribution in [0.1, 0.15) is 49.7 Å². The van der Waals surface area contributed by atoms with Gasteiger partial charge in [-0.2, -0.15) is 0 Å². The van der Waals surface area contributed by atoms with E-state index in [0.717, 1.165) is 38.0 Å². The number of nitrogens with one attached hydrogen (secondary N) is 1. The molecule has 1 aliphatic rings. The van der Waals surface area contributed by atoms with E-state index in [0.29, 0.717) is 17.5 Å². The van der Waals surface area contributed by atoms with E-state index in [1.54, 1.807) is 12.1 Å². The summed E-state index contributed by atoms with van der Waals surface area (Å²) in [5.74, 6) is 0.834. The first-order valence-electron chi connectivity index (χ1n) is 9.95. The molecule has 1 heterocycles. The van der Waals surface area contributed by atoms with Crippen LogP contribution in [0.2, 0.25) is 0 Å². The van der Waals surface area contributed by atoms with Gasteiger partial charge >= 0.3 is 0 Å². The summed E-state index contributed by atoms with van der Waals surface area (Å²) < 4.78 is 27.9. The molecule has 6 heteroatoms. The molecule has 1 fully saturated rings. The minimum Gasteiger partial charge on any atom is -0.396 e.